The highest BCUT2D eigenvalue weighted by atomic mass is 127. The summed E-state index contributed by atoms with van der Waals surface area (Å²) in [6.07, 6.45) is 13.2. The van der Waals surface area contributed by atoms with Crippen LogP contribution in [-0.4, -0.2) is 4.57 Å². The molecule has 0 saturated carbocycles. The Morgan fingerprint density at radius 2 is 1.87 bits per heavy atom. The second kappa shape index (κ2) is 9.19. The number of hydrogen-bond donors (Lipinski definition) is 0. The molecule has 0 fully saturated rings. The standard InChI is InChI=1S/C12H23N2.HI/c1-3-5-6-7-9-14-11-10-13(12-14)8-4-2;/h10-12H,3-9H2,1-2H3;1H/q+1;/p-1. The van der Waals surface area contributed by atoms with E-state index < -0.39 is 0 Å². The molecule has 1 aromatic rings. The highest BCUT2D eigenvalue weighted by Crippen LogP contribution is 1.98. The largest absolute Gasteiger partial charge is 1.00 e. The minimum Gasteiger partial charge on any atom is -1.00 e. The summed E-state index contributed by atoms with van der Waals surface area (Å²) in [7, 11) is 0. The van der Waals surface area contributed by atoms with Crippen LogP contribution in [0.25, 0.3) is 0 Å². The van der Waals surface area contributed by atoms with Crippen LogP contribution in [0.5, 0.6) is 0 Å². The zero-order valence-electron chi connectivity index (χ0n) is 9.95. The molecular formula is C12H23IN2. The molecule has 2 nitrogen and oxygen atoms in total. The molecule has 88 valence electrons. The lowest BCUT2D eigenvalue weighted by Crippen LogP contribution is -3.00. The molecule has 0 aliphatic heterocycles. The maximum atomic E-state index is 2.30. The zero-order valence-corrected chi connectivity index (χ0v) is 12.1. The lowest BCUT2D eigenvalue weighted by atomic mass is 10.2. The average Bonchev–Trinajstić information content (AvgIpc) is 2.61. The predicted octanol–water partition coefficient (Wildman–Crippen LogP) is -0.230. The fourth-order valence-electron chi connectivity index (χ4n) is 1.68. The first-order valence-corrected chi connectivity index (χ1v) is 5.91. The van der Waals surface area contributed by atoms with E-state index in [0.717, 1.165) is 6.54 Å². The second-order valence-electron chi connectivity index (χ2n) is 3.95. The van der Waals surface area contributed by atoms with Crippen molar-refractivity contribution in [2.24, 2.45) is 0 Å². The number of unbranched alkanes of at least 4 members (excludes halogenated alkanes) is 3. The van der Waals surface area contributed by atoms with E-state index in [1.807, 2.05) is 0 Å². The van der Waals surface area contributed by atoms with E-state index in [1.54, 1.807) is 0 Å². The summed E-state index contributed by atoms with van der Waals surface area (Å²) in [5, 5.41) is 0. The van der Waals surface area contributed by atoms with Crippen LogP contribution < -0.4 is 28.5 Å². The number of nitrogens with zero attached hydrogens (tertiary/aromatic N) is 2. The van der Waals surface area contributed by atoms with Crippen LogP contribution in [0.15, 0.2) is 18.7 Å². The molecule has 0 unspecified atom stereocenters. The van der Waals surface area contributed by atoms with E-state index in [9.17, 15) is 0 Å². The van der Waals surface area contributed by atoms with Gasteiger partial charge in [-0.3, -0.25) is 0 Å². The minimum atomic E-state index is 0. The van der Waals surface area contributed by atoms with Crippen molar-refractivity contribution in [3.63, 3.8) is 0 Å². The molecule has 1 rings (SSSR count). The molecule has 0 saturated heterocycles. The topological polar surface area (TPSA) is 8.81 Å². The van der Waals surface area contributed by atoms with Crippen molar-refractivity contribution < 1.29 is 28.5 Å². The third-order valence-corrected chi connectivity index (χ3v) is 2.50. The molecule has 1 heterocycles. The SMILES string of the molecule is CCCCCC[n+]1ccn(CCC)c1.[I-]. The average molecular weight is 322 g/mol. The van der Waals surface area contributed by atoms with Gasteiger partial charge in [-0.05, 0) is 19.3 Å². The first-order chi connectivity index (χ1) is 6.86. The smallest absolute Gasteiger partial charge is 0.243 e. The van der Waals surface area contributed by atoms with Crippen molar-refractivity contribution >= 4 is 0 Å². The molecule has 0 N–H and O–H groups in total. The van der Waals surface area contributed by atoms with E-state index in [1.165, 1.54) is 38.6 Å². The van der Waals surface area contributed by atoms with E-state index in [2.05, 4.69) is 41.7 Å². The summed E-state index contributed by atoms with van der Waals surface area (Å²) >= 11 is 0. The fraction of sp³-hybridized carbons (Fsp3) is 0.750. The van der Waals surface area contributed by atoms with Gasteiger partial charge in [0, 0.05) is 0 Å². The summed E-state index contributed by atoms with van der Waals surface area (Å²) < 4.78 is 4.56. The van der Waals surface area contributed by atoms with Gasteiger partial charge in [-0.1, -0.05) is 26.7 Å². The lowest BCUT2D eigenvalue weighted by Gasteiger charge is -1.96. The summed E-state index contributed by atoms with van der Waals surface area (Å²) in [5.74, 6) is 0. The second-order valence-corrected chi connectivity index (χ2v) is 3.95. The Morgan fingerprint density at radius 3 is 2.53 bits per heavy atom. The van der Waals surface area contributed by atoms with Gasteiger partial charge in [0.1, 0.15) is 12.4 Å². The van der Waals surface area contributed by atoms with Crippen LogP contribution in [-0.2, 0) is 13.1 Å². The molecule has 0 atom stereocenters. The number of aromatic nitrogens is 2. The lowest BCUT2D eigenvalue weighted by molar-refractivity contribution is -0.696. The van der Waals surface area contributed by atoms with E-state index in [-0.39, 0.29) is 24.0 Å². The molecule has 0 aliphatic carbocycles. The molecule has 15 heavy (non-hydrogen) atoms. The van der Waals surface area contributed by atoms with Crippen molar-refractivity contribution in [3.8, 4) is 0 Å². The van der Waals surface area contributed by atoms with Gasteiger partial charge >= 0.3 is 0 Å². The zero-order chi connectivity index (χ0) is 10.2. The Kier molecular flexibility index (Phi) is 9.15. The Hall–Kier alpha value is -0.0600. The number of halogens is 1. The van der Waals surface area contributed by atoms with Crippen LogP contribution in [0.4, 0.5) is 0 Å². The van der Waals surface area contributed by atoms with Crippen molar-refractivity contribution in [1.29, 1.82) is 0 Å². The minimum absolute atomic E-state index is 0. The third-order valence-electron chi connectivity index (χ3n) is 2.50. The quantitative estimate of drug-likeness (QED) is 0.373. The molecule has 3 heteroatoms. The summed E-state index contributed by atoms with van der Waals surface area (Å²) in [6.45, 7) is 6.79. The molecule has 0 bridgehead atoms. The molecule has 1 aromatic heterocycles. The van der Waals surface area contributed by atoms with E-state index in [4.69, 9.17) is 0 Å². The van der Waals surface area contributed by atoms with Gasteiger partial charge in [0.05, 0.1) is 13.1 Å². The maximum Gasteiger partial charge on any atom is 0.243 e. The molecule has 0 amide bonds. The predicted molar refractivity (Wildman–Crippen MR) is 59.1 cm³/mol. The highest BCUT2D eigenvalue weighted by Gasteiger charge is 2.01. The van der Waals surface area contributed by atoms with E-state index >= 15 is 0 Å². The van der Waals surface area contributed by atoms with Crippen LogP contribution in [0.1, 0.15) is 46.0 Å². The van der Waals surface area contributed by atoms with E-state index in [0.29, 0.717) is 0 Å². The van der Waals surface area contributed by atoms with Crippen molar-refractivity contribution in [2.45, 2.75) is 59.0 Å². The molecular weight excluding hydrogens is 299 g/mol. The first kappa shape index (κ1) is 14.9. The van der Waals surface area contributed by atoms with Crippen LogP contribution in [0, 0.1) is 0 Å². The van der Waals surface area contributed by atoms with Gasteiger partial charge < -0.3 is 24.0 Å². The Labute approximate surface area is 111 Å². The third kappa shape index (κ3) is 6.17. The van der Waals surface area contributed by atoms with Crippen LogP contribution in [0.2, 0.25) is 0 Å². The van der Waals surface area contributed by atoms with Crippen molar-refractivity contribution in [1.82, 2.24) is 4.57 Å². The van der Waals surface area contributed by atoms with Crippen molar-refractivity contribution in [2.75, 3.05) is 0 Å². The van der Waals surface area contributed by atoms with Crippen LogP contribution in [0.3, 0.4) is 0 Å². The van der Waals surface area contributed by atoms with Crippen LogP contribution >= 0.6 is 0 Å². The van der Waals surface area contributed by atoms with Gasteiger partial charge in [0.25, 0.3) is 0 Å². The van der Waals surface area contributed by atoms with Gasteiger partial charge in [0.2, 0.25) is 6.33 Å². The van der Waals surface area contributed by atoms with Gasteiger partial charge in [0.15, 0.2) is 0 Å². The number of rotatable bonds is 7. The Balaban J connectivity index is 0.00000196. The maximum absolute atomic E-state index is 2.30. The number of aryl methyl sites for hydroxylation is 2. The summed E-state index contributed by atoms with van der Waals surface area (Å²) in [5.41, 5.74) is 0. The van der Waals surface area contributed by atoms with Gasteiger partial charge in [-0.25, -0.2) is 9.13 Å². The Bertz CT molecular complexity index is 246. The first-order valence-electron chi connectivity index (χ1n) is 5.91. The highest BCUT2D eigenvalue weighted by molar-refractivity contribution is 4.65. The summed E-state index contributed by atoms with van der Waals surface area (Å²) in [4.78, 5) is 0. The molecule has 0 spiro atoms. The molecule has 0 aromatic carbocycles. The molecule has 0 radical (unpaired) electrons. The molecule has 0 aliphatic rings. The van der Waals surface area contributed by atoms with Gasteiger partial charge in [-0.2, -0.15) is 0 Å². The summed E-state index contributed by atoms with van der Waals surface area (Å²) in [6, 6.07) is 0. The normalized spacial score (nSPS) is 10.0. The number of imidazole rings is 1. The fourth-order valence-corrected chi connectivity index (χ4v) is 1.68. The Morgan fingerprint density at radius 1 is 1.07 bits per heavy atom. The monoisotopic (exact) mass is 322 g/mol. The number of hydrogen-bond acceptors (Lipinski definition) is 0. The van der Waals surface area contributed by atoms with Gasteiger partial charge in [-0.15, -0.1) is 0 Å². The van der Waals surface area contributed by atoms with Crippen molar-refractivity contribution in [3.05, 3.63) is 18.7 Å².